The Kier molecular flexibility index (Phi) is 6.97. The largest absolute Gasteiger partial charge is 0.466 e. The lowest BCUT2D eigenvalue weighted by Crippen LogP contribution is -2.74. The third-order valence-corrected chi connectivity index (χ3v) is 7.19. The average Bonchev–Trinajstić information content (AvgIpc) is 3.14. The first kappa shape index (κ1) is 27.5. The number of rotatable bonds is 5. The van der Waals surface area contributed by atoms with Gasteiger partial charge in [-0.05, 0) is 37.1 Å². The molecule has 1 spiro atoms. The van der Waals surface area contributed by atoms with E-state index in [4.69, 9.17) is 21.2 Å². The number of non-ortho nitro benzene ring substituents is 1. The third-order valence-electron chi connectivity index (χ3n) is 6.93. The summed E-state index contributed by atoms with van der Waals surface area (Å²) in [6.07, 6.45) is -5.46. The maximum Gasteiger partial charge on any atom is 0.431 e. The van der Waals surface area contributed by atoms with E-state index in [-0.39, 0.29) is 34.2 Å². The van der Waals surface area contributed by atoms with Crippen molar-refractivity contribution in [2.75, 3.05) is 6.61 Å². The third kappa shape index (κ3) is 4.10. The number of hydrogen-bond donors (Lipinski definition) is 2. The molecule has 2 aromatic carbocycles. The quantitative estimate of drug-likeness (QED) is 0.244. The number of carbonyl (C=O) groups excluding carboxylic acids is 2. The fourth-order valence-corrected chi connectivity index (χ4v) is 5.38. The first-order chi connectivity index (χ1) is 17.8. The molecule has 0 aliphatic carbocycles. The van der Waals surface area contributed by atoms with Crippen molar-refractivity contribution < 1.29 is 42.4 Å². The van der Waals surface area contributed by atoms with Crippen molar-refractivity contribution in [2.24, 2.45) is 16.5 Å². The summed E-state index contributed by atoms with van der Waals surface area (Å²) >= 11 is 6.00. The SMILES string of the molecule is CCOC(=O)[C@H]1[C@H](c2ccc(Cl)cc2)[C@]2(C(=O)ON=C2C)[C@H](c2ccc([N+](=O)[O-])cc2)N[C@]1(O)C(F)(F)F. The molecule has 5 atom stereocenters. The molecule has 0 saturated carbocycles. The lowest BCUT2D eigenvalue weighted by Gasteiger charge is -2.55. The number of nitrogens with zero attached hydrogens (tertiary/aromatic N) is 2. The molecule has 1 fully saturated rings. The number of benzene rings is 2. The molecule has 2 aromatic rings. The van der Waals surface area contributed by atoms with Crippen LogP contribution in [0.5, 0.6) is 0 Å². The van der Waals surface area contributed by atoms with Gasteiger partial charge in [-0.3, -0.25) is 20.2 Å². The Balaban J connectivity index is 2.08. The van der Waals surface area contributed by atoms with Crippen LogP contribution in [0, 0.1) is 21.4 Å². The van der Waals surface area contributed by atoms with Crippen LogP contribution < -0.4 is 5.32 Å². The molecule has 2 aliphatic heterocycles. The zero-order valence-corrected chi connectivity index (χ0v) is 20.6. The summed E-state index contributed by atoms with van der Waals surface area (Å²) in [6.45, 7) is 2.41. The molecule has 4 rings (SSSR count). The number of alkyl halides is 3. The van der Waals surface area contributed by atoms with Crippen molar-refractivity contribution in [3.8, 4) is 0 Å². The van der Waals surface area contributed by atoms with Gasteiger partial charge in [0.15, 0.2) is 0 Å². The number of nitro groups is 1. The molecular weight excluding hydrogens is 535 g/mol. The van der Waals surface area contributed by atoms with E-state index in [0.29, 0.717) is 0 Å². The Labute approximate surface area is 218 Å². The number of nitrogens with one attached hydrogen (secondary N) is 1. The van der Waals surface area contributed by atoms with Crippen molar-refractivity contribution in [1.29, 1.82) is 0 Å². The number of halogens is 4. The van der Waals surface area contributed by atoms with Crippen LogP contribution in [0.4, 0.5) is 18.9 Å². The number of hydrogen-bond acceptors (Lipinski definition) is 9. The first-order valence-electron chi connectivity index (χ1n) is 11.3. The number of ether oxygens (including phenoxy) is 1. The minimum absolute atomic E-state index is 0.0343. The standard InChI is InChI=1S/C24H21ClF3N3O7/c1-3-37-20(32)18-17(13-4-8-15(25)9-5-13)22(12(2)30-38-21(22)33)19(29-23(18,34)24(26,27)28)14-6-10-16(11-7-14)31(35)36/h4-11,17-19,29,34H,3H2,1-2H3/t17-,18+,19-,22-,23+/m0/s1. The zero-order valence-electron chi connectivity index (χ0n) is 19.9. The fourth-order valence-electron chi connectivity index (χ4n) is 5.25. The van der Waals surface area contributed by atoms with Crippen LogP contribution in [0.3, 0.4) is 0 Å². The predicted molar refractivity (Wildman–Crippen MR) is 126 cm³/mol. The summed E-state index contributed by atoms with van der Waals surface area (Å²) in [6, 6.07) is 8.04. The molecule has 1 saturated heterocycles. The molecular formula is C24H21ClF3N3O7. The van der Waals surface area contributed by atoms with E-state index in [0.717, 1.165) is 24.3 Å². The number of carbonyl (C=O) groups is 2. The molecule has 0 aromatic heterocycles. The van der Waals surface area contributed by atoms with E-state index in [1.165, 1.54) is 38.1 Å². The molecule has 0 unspecified atom stereocenters. The lowest BCUT2D eigenvalue weighted by molar-refractivity contribution is -0.384. The Hall–Kier alpha value is -3.55. The van der Waals surface area contributed by atoms with Crippen molar-refractivity contribution in [3.05, 3.63) is 74.8 Å². The van der Waals surface area contributed by atoms with Crippen LogP contribution in [0.15, 0.2) is 53.7 Å². The Morgan fingerprint density at radius 2 is 1.79 bits per heavy atom. The van der Waals surface area contributed by atoms with Crippen LogP contribution in [-0.2, 0) is 19.2 Å². The summed E-state index contributed by atoms with van der Waals surface area (Å²) in [5.74, 6) is -6.66. The molecule has 10 nitrogen and oxygen atoms in total. The van der Waals surface area contributed by atoms with Gasteiger partial charge in [0.2, 0.25) is 5.72 Å². The second kappa shape index (κ2) is 9.64. The van der Waals surface area contributed by atoms with Crippen LogP contribution in [0.2, 0.25) is 5.02 Å². The smallest absolute Gasteiger partial charge is 0.431 e. The highest BCUT2D eigenvalue weighted by Crippen LogP contribution is 2.61. The summed E-state index contributed by atoms with van der Waals surface area (Å²) in [4.78, 5) is 42.2. The summed E-state index contributed by atoms with van der Waals surface area (Å²) in [7, 11) is 0. The van der Waals surface area contributed by atoms with Gasteiger partial charge in [-0.25, -0.2) is 4.79 Å². The number of oxime groups is 1. The van der Waals surface area contributed by atoms with Gasteiger partial charge in [-0.1, -0.05) is 41.0 Å². The maximum atomic E-state index is 14.7. The second-order valence-electron chi connectivity index (χ2n) is 8.87. The molecule has 14 heteroatoms. The van der Waals surface area contributed by atoms with Crippen LogP contribution >= 0.6 is 11.6 Å². The van der Waals surface area contributed by atoms with Gasteiger partial charge in [-0.2, -0.15) is 13.2 Å². The first-order valence-corrected chi connectivity index (χ1v) is 11.7. The number of aliphatic hydroxyl groups is 1. The van der Waals surface area contributed by atoms with Crippen LogP contribution in [0.25, 0.3) is 0 Å². The van der Waals surface area contributed by atoms with E-state index in [1.54, 1.807) is 0 Å². The van der Waals surface area contributed by atoms with E-state index in [1.807, 2.05) is 0 Å². The highest BCUT2D eigenvalue weighted by molar-refractivity contribution is 6.30. The van der Waals surface area contributed by atoms with Gasteiger partial charge in [-0.15, -0.1) is 0 Å². The number of piperidine rings is 1. The van der Waals surface area contributed by atoms with Crippen molar-refractivity contribution in [3.63, 3.8) is 0 Å². The van der Waals surface area contributed by atoms with Crippen LogP contribution in [0.1, 0.15) is 36.9 Å². The molecule has 2 heterocycles. The number of nitro benzene ring substituents is 1. The van der Waals surface area contributed by atoms with E-state index in [2.05, 4.69) is 10.5 Å². The van der Waals surface area contributed by atoms with Gasteiger partial charge in [0, 0.05) is 23.1 Å². The molecule has 2 N–H and O–H groups in total. The molecule has 0 amide bonds. The monoisotopic (exact) mass is 555 g/mol. The Morgan fingerprint density at radius 3 is 2.26 bits per heavy atom. The average molecular weight is 556 g/mol. The summed E-state index contributed by atoms with van der Waals surface area (Å²) in [5.41, 5.74) is -6.46. The van der Waals surface area contributed by atoms with E-state index >= 15 is 0 Å². The highest BCUT2D eigenvalue weighted by Gasteiger charge is 2.76. The van der Waals surface area contributed by atoms with Crippen molar-refractivity contribution >= 4 is 34.9 Å². The van der Waals surface area contributed by atoms with Gasteiger partial charge in [0.1, 0.15) is 11.3 Å². The fraction of sp³-hybridized carbons (Fsp3) is 0.375. The van der Waals surface area contributed by atoms with Gasteiger partial charge in [0.25, 0.3) is 5.69 Å². The normalized spacial score (nSPS) is 29.1. The second-order valence-corrected chi connectivity index (χ2v) is 9.31. The minimum atomic E-state index is -5.46. The van der Waals surface area contributed by atoms with Crippen molar-refractivity contribution in [2.45, 2.75) is 37.7 Å². The minimum Gasteiger partial charge on any atom is -0.466 e. The van der Waals surface area contributed by atoms with Gasteiger partial charge in [0.05, 0.1) is 23.3 Å². The zero-order chi connectivity index (χ0) is 28.0. The highest BCUT2D eigenvalue weighted by atomic mass is 35.5. The van der Waals surface area contributed by atoms with Gasteiger partial charge >= 0.3 is 18.1 Å². The van der Waals surface area contributed by atoms with E-state index in [9.17, 15) is 38.0 Å². The topological polar surface area (TPSA) is 140 Å². The Bertz CT molecular complexity index is 1300. The summed E-state index contributed by atoms with van der Waals surface area (Å²) in [5, 5.41) is 28.5. The van der Waals surface area contributed by atoms with E-state index < -0.39 is 52.1 Å². The Morgan fingerprint density at radius 1 is 1.21 bits per heavy atom. The number of esters is 1. The predicted octanol–water partition coefficient (Wildman–Crippen LogP) is 4.03. The molecule has 0 bridgehead atoms. The maximum absolute atomic E-state index is 14.7. The van der Waals surface area contributed by atoms with Gasteiger partial charge < -0.3 is 14.7 Å². The molecule has 38 heavy (non-hydrogen) atoms. The molecule has 0 radical (unpaired) electrons. The molecule has 202 valence electrons. The van der Waals surface area contributed by atoms with Crippen LogP contribution in [-0.4, -0.2) is 46.2 Å². The van der Waals surface area contributed by atoms with Crippen molar-refractivity contribution in [1.82, 2.24) is 5.32 Å². The molecule has 2 aliphatic rings. The summed E-state index contributed by atoms with van der Waals surface area (Å²) < 4.78 is 49.0. The lowest BCUT2D eigenvalue weighted by atomic mass is 9.54.